The maximum absolute atomic E-state index is 5.63. The monoisotopic (exact) mass is 213 g/mol. The number of ether oxygens (including phenoxy) is 1. The van der Waals surface area contributed by atoms with Crippen LogP contribution >= 0.6 is 0 Å². The third-order valence-electron chi connectivity index (χ3n) is 3.01. The van der Waals surface area contributed by atoms with Crippen LogP contribution in [0.15, 0.2) is 0 Å². The summed E-state index contributed by atoms with van der Waals surface area (Å²) in [6, 6.07) is 0.593. The van der Waals surface area contributed by atoms with E-state index in [2.05, 4.69) is 33.0 Å². The van der Waals surface area contributed by atoms with Gasteiger partial charge >= 0.3 is 0 Å². The van der Waals surface area contributed by atoms with E-state index in [1.807, 2.05) is 0 Å². The summed E-state index contributed by atoms with van der Waals surface area (Å²) >= 11 is 0. The molecule has 0 saturated carbocycles. The Bertz CT molecular complexity index is 168. The van der Waals surface area contributed by atoms with Crippen LogP contribution in [0.3, 0.4) is 0 Å². The van der Waals surface area contributed by atoms with Gasteiger partial charge < -0.3 is 10.1 Å². The van der Waals surface area contributed by atoms with Gasteiger partial charge in [-0.2, -0.15) is 0 Å². The molecule has 0 bridgehead atoms. The lowest BCUT2D eigenvalue weighted by atomic mass is 9.92. The van der Waals surface area contributed by atoms with E-state index in [9.17, 15) is 0 Å². The van der Waals surface area contributed by atoms with Gasteiger partial charge in [-0.25, -0.2) is 0 Å². The Hall–Kier alpha value is -0.0800. The second kappa shape index (κ2) is 5.86. The molecule has 0 radical (unpaired) electrons. The fourth-order valence-corrected chi connectivity index (χ4v) is 2.00. The molecule has 0 aromatic carbocycles. The molecule has 2 heteroatoms. The highest BCUT2D eigenvalue weighted by molar-refractivity contribution is 4.73. The minimum Gasteiger partial charge on any atom is -0.378 e. The summed E-state index contributed by atoms with van der Waals surface area (Å²) in [7, 11) is 0. The molecule has 0 spiro atoms. The molecule has 0 aromatic rings. The summed E-state index contributed by atoms with van der Waals surface area (Å²) in [5, 5.41) is 3.59. The molecule has 90 valence electrons. The third-order valence-corrected chi connectivity index (χ3v) is 3.01. The SMILES string of the molecule is CC(CC1CCCO1)NCCC(C)(C)C. The van der Waals surface area contributed by atoms with E-state index >= 15 is 0 Å². The maximum atomic E-state index is 5.63. The summed E-state index contributed by atoms with van der Waals surface area (Å²) in [6.45, 7) is 11.2. The molecular weight excluding hydrogens is 186 g/mol. The van der Waals surface area contributed by atoms with E-state index < -0.39 is 0 Å². The molecular formula is C13H27NO. The van der Waals surface area contributed by atoms with Gasteiger partial charge in [-0.3, -0.25) is 0 Å². The number of hydrogen-bond donors (Lipinski definition) is 1. The molecule has 1 saturated heterocycles. The van der Waals surface area contributed by atoms with Gasteiger partial charge in [0.05, 0.1) is 6.10 Å². The first kappa shape index (κ1) is 13.0. The van der Waals surface area contributed by atoms with Crippen molar-refractivity contribution >= 4 is 0 Å². The van der Waals surface area contributed by atoms with Crippen molar-refractivity contribution in [3.63, 3.8) is 0 Å². The molecule has 1 rings (SSSR count). The van der Waals surface area contributed by atoms with Gasteiger partial charge in [-0.1, -0.05) is 20.8 Å². The van der Waals surface area contributed by atoms with Crippen molar-refractivity contribution in [1.29, 1.82) is 0 Å². The lowest BCUT2D eigenvalue weighted by molar-refractivity contribution is 0.0960. The molecule has 1 aliphatic heterocycles. The van der Waals surface area contributed by atoms with Gasteiger partial charge in [0.25, 0.3) is 0 Å². The zero-order valence-electron chi connectivity index (χ0n) is 10.8. The highest BCUT2D eigenvalue weighted by atomic mass is 16.5. The van der Waals surface area contributed by atoms with Crippen LogP contribution in [-0.4, -0.2) is 25.3 Å². The Kier molecular flexibility index (Phi) is 5.07. The second-order valence-electron chi connectivity index (χ2n) is 6.04. The lowest BCUT2D eigenvalue weighted by Crippen LogP contribution is -2.32. The topological polar surface area (TPSA) is 21.3 Å². The van der Waals surface area contributed by atoms with E-state index in [0.717, 1.165) is 13.2 Å². The minimum atomic E-state index is 0.441. The van der Waals surface area contributed by atoms with Gasteiger partial charge in [-0.15, -0.1) is 0 Å². The molecule has 2 atom stereocenters. The molecule has 2 unspecified atom stereocenters. The predicted molar refractivity (Wildman–Crippen MR) is 65.1 cm³/mol. The Morgan fingerprint density at radius 3 is 2.67 bits per heavy atom. The fourth-order valence-electron chi connectivity index (χ4n) is 2.00. The molecule has 0 amide bonds. The molecule has 1 fully saturated rings. The normalized spacial score (nSPS) is 24.4. The summed E-state index contributed by atoms with van der Waals surface area (Å²) in [4.78, 5) is 0. The zero-order chi connectivity index (χ0) is 11.3. The standard InChI is InChI=1S/C13H27NO/c1-11(10-12-6-5-9-15-12)14-8-7-13(2,3)4/h11-12,14H,5-10H2,1-4H3. The first-order valence-electron chi connectivity index (χ1n) is 6.32. The van der Waals surface area contributed by atoms with Crippen LogP contribution in [0.4, 0.5) is 0 Å². The van der Waals surface area contributed by atoms with Crippen LogP contribution in [-0.2, 0) is 4.74 Å². The van der Waals surface area contributed by atoms with Gasteiger partial charge in [0.2, 0.25) is 0 Å². The van der Waals surface area contributed by atoms with Crippen molar-refractivity contribution in [2.24, 2.45) is 5.41 Å². The second-order valence-corrected chi connectivity index (χ2v) is 6.04. The van der Waals surface area contributed by atoms with Crippen molar-refractivity contribution in [1.82, 2.24) is 5.32 Å². The van der Waals surface area contributed by atoms with Crippen molar-refractivity contribution in [2.45, 2.75) is 65.5 Å². The van der Waals surface area contributed by atoms with Crippen molar-refractivity contribution < 1.29 is 4.74 Å². The number of nitrogens with one attached hydrogen (secondary N) is 1. The summed E-state index contributed by atoms with van der Waals surface area (Å²) in [5.41, 5.74) is 0.441. The Labute approximate surface area is 94.8 Å². The van der Waals surface area contributed by atoms with Gasteiger partial charge in [0, 0.05) is 12.6 Å². The quantitative estimate of drug-likeness (QED) is 0.758. The van der Waals surface area contributed by atoms with Crippen molar-refractivity contribution in [3.8, 4) is 0 Å². The first-order valence-corrected chi connectivity index (χ1v) is 6.32. The Morgan fingerprint density at radius 1 is 1.40 bits per heavy atom. The molecule has 0 aromatic heterocycles. The fraction of sp³-hybridized carbons (Fsp3) is 1.00. The zero-order valence-corrected chi connectivity index (χ0v) is 10.8. The summed E-state index contributed by atoms with van der Waals surface area (Å²) in [6.07, 6.45) is 5.43. The van der Waals surface area contributed by atoms with E-state index in [4.69, 9.17) is 4.74 Å². The van der Waals surface area contributed by atoms with E-state index in [-0.39, 0.29) is 0 Å². The van der Waals surface area contributed by atoms with Crippen LogP contribution in [0.1, 0.15) is 53.4 Å². The molecule has 1 heterocycles. The minimum absolute atomic E-state index is 0.441. The maximum Gasteiger partial charge on any atom is 0.0590 e. The third kappa shape index (κ3) is 6.16. The average molecular weight is 213 g/mol. The summed E-state index contributed by atoms with van der Waals surface area (Å²) < 4.78 is 5.63. The highest BCUT2D eigenvalue weighted by Gasteiger charge is 2.18. The Morgan fingerprint density at radius 2 is 2.13 bits per heavy atom. The van der Waals surface area contributed by atoms with Crippen LogP contribution in [0.5, 0.6) is 0 Å². The van der Waals surface area contributed by atoms with E-state index in [1.165, 1.54) is 25.7 Å². The van der Waals surface area contributed by atoms with Crippen LogP contribution in [0, 0.1) is 5.41 Å². The first-order chi connectivity index (χ1) is 6.97. The van der Waals surface area contributed by atoms with Crippen LogP contribution in [0.25, 0.3) is 0 Å². The van der Waals surface area contributed by atoms with Crippen molar-refractivity contribution in [3.05, 3.63) is 0 Å². The smallest absolute Gasteiger partial charge is 0.0590 e. The predicted octanol–water partition coefficient (Wildman–Crippen LogP) is 2.97. The number of rotatable bonds is 5. The lowest BCUT2D eigenvalue weighted by Gasteiger charge is -2.22. The molecule has 0 aliphatic carbocycles. The molecule has 15 heavy (non-hydrogen) atoms. The van der Waals surface area contributed by atoms with E-state index in [1.54, 1.807) is 0 Å². The van der Waals surface area contributed by atoms with Crippen LogP contribution < -0.4 is 5.32 Å². The van der Waals surface area contributed by atoms with Gasteiger partial charge in [0.1, 0.15) is 0 Å². The van der Waals surface area contributed by atoms with Crippen LogP contribution in [0.2, 0.25) is 0 Å². The molecule has 1 aliphatic rings. The van der Waals surface area contributed by atoms with Gasteiger partial charge in [0.15, 0.2) is 0 Å². The number of hydrogen-bond acceptors (Lipinski definition) is 2. The largest absolute Gasteiger partial charge is 0.378 e. The summed E-state index contributed by atoms with van der Waals surface area (Å²) in [5.74, 6) is 0. The average Bonchev–Trinajstić information content (AvgIpc) is 2.54. The van der Waals surface area contributed by atoms with E-state index in [0.29, 0.717) is 17.6 Å². The molecule has 1 N–H and O–H groups in total. The Balaban J connectivity index is 2.05. The van der Waals surface area contributed by atoms with Crippen molar-refractivity contribution in [2.75, 3.05) is 13.2 Å². The van der Waals surface area contributed by atoms with Gasteiger partial charge in [-0.05, 0) is 44.6 Å². The molecule has 2 nitrogen and oxygen atoms in total. The highest BCUT2D eigenvalue weighted by Crippen LogP contribution is 2.19.